The molecule has 2 N–H and O–H groups in total. The molecule has 1 saturated heterocycles. The van der Waals surface area contributed by atoms with Gasteiger partial charge >= 0.3 is 0 Å². The van der Waals surface area contributed by atoms with E-state index in [2.05, 4.69) is 25.8 Å². The Labute approximate surface area is 121 Å². The Morgan fingerprint density at radius 1 is 1.38 bits per heavy atom. The highest BCUT2D eigenvalue weighted by Crippen LogP contribution is 2.18. The lowest BCUT2D eigenvalue weighted by Crippen LogP contribution is -2.21. The van der Waals surface area contributed by atoms with Gasteiger partial charge in [-0.25, -0.2) is 13.4 Å². The van der Waals surface area contributed by atoms with Crippen LogP contribution < -0.4 is 10.6 Å². The zero-order chi connectivity index (χ0) is 14.9. The summed E-state index contributed by atoms with van der Waals surface area (Å²) in [4.78, 5) is 8.36. The van der Waals surface area contributed by atoms with Crippen molar-refractivity contribution in [1.82, 2.24) is 15.1 Å². The normalized spacial score (nSPS) is 20.3. The van der Waals surface area contributed by atoms with Crippen molar-refractivity contribution in [3.63, 3.8) is 0 Å². The van der Waals surface area contributed by atoms with Gasteiger partial charge in [0.15, 0.2) is 15.7 Å². The summed E-state index contributed by atoms with van der Waals surface area (Å²) < 4.78 is 27.8. The van der Waals surface area contributed by atoms with Gasteiger partial charge in [0.2, 0.25) is 5.95 Å². The molecule has 0 saturated carbocycles. The Balaban J connectivity index is 1.68. The molecule has 1 fully saturated rings. The van der Waals surface area contributed by atoms with E-state index in [1.54, 1.807) is 25.3 Å². The molecule has 112 valence electrons. The van der Waals surface area contributed by atoms with E-state index in [1.165, 1.54) is 0 Å². The lowest BCUT2D eigenvalue weighted by atomic mass is 10.2. The number of rotatable bonds is 4. The van der Waals surface area contributed by atoms with Crippen molar-refractivity contribution in [3.05, 3.63) is 24.1 Å². The van der Waals surface area contributed by atoms with Crippen molar-refractivity contribution in [2.45, 2.75) is 19.4 Å². The minimum atomic E-state index is -2.92. The van der Waals surface area contributed by atoms with E-state index in [0.717, 1.165) is 0 Å². The van der Waals surface area contributed by atoms with E-state index in [0.29, 0.717) is 29.8 Å². The second-order valence-electron chi connectivity index (χ2n) is 4.96. The fourth-order valence-electron chi connectivity index (χ4n) is 2.16. The van der Waals surface area contributed by atoms with Gasteiger partial charge in [-0.05, 0) is 19.4 Å². The lowest BCUT2D eigenvalue weighted by molar-refractivity contribution is 0.400. The maximum atomic E-state index is 11.4. The molecule has 9 heteroatoms. The van der Waals surface area contributed by atoms with Crippen LogP contribution in [0, 0.1) is 6.92 Å². The Morgan fingerprint density at radius 2 is 2.24 bits per heavy atom. The highest BCUT2D eigenvalue weighted by atomic mass is 32.2. The monoisotopic (exact) mass is 309 g/mol. The average Bonchev–Trinajstić information content (AvgIpc) is 2.96. The number of sulfone groups is 1. The van der Waals surface area contributed by atoms with Gasteiger partial charge in [0, 0.05) is 18.3 Å². The van der Waals surface area contributed by atoms with Crippen LogP contribution in [0.2, 0.25) is 0 Å². The fourth-order valence-corrected chi connectivity index (χ4v) is 3.83. The molecule has 0 spiro atoms. The molecule has 1 atom stereocenters. The number of aryl methyl sites for hydroxylation is 1. The Hall–Kier alpha value is -2.16. The molecule has 0 amide bonds. The molecule has 0 bridgehead atoms. The first kappa shape index (κ1) is 13.8. The summed E-state index contributed by atoms with van der Waals surface area (Å²) in [5, 5.41) is 9.83. The summed E-state index contributed by atoms with van der Waals surface area (Å²) in [5.74, 6) is 2.52. The predicted octanol–water partition coefficient (Wildman–Crippen LogP) is 1.12. The molecule has 0 aromatic carbocycles. The number of nitrogens with one attached hydrogen (secondary N) is 2. The maximum Gasteiger partial charge on any atom is 0.230 e. The summed E-state index contributed by atoms with van der Waals surface area (Å²) >= 11 is 0. The SMILES string of the molecule is Cc1cc(Nc2nccc(NC3CCS(=O)(=O)C3)n2)no1. The standard InChI is InChI=1S/C12H15N5O3S/c1-8-6-11(17-20-8)16-12-13-4-2-10(15-12)14-9-3-5-21(18,19)7-9/h2,4,6,9H,3,5,7H2,1H3,(H2,13,14,15,16,17). The molecule has 0 aliphatic carbocycles. The molecule has 0 radical (unpaired) electrons. The molecule has 21 heavy (non-hydrogen) atoms. The molecule has 1 aliphatic heterocycles. The summed E-state index contributed by atoms with van der Waals surface area (Å²) in [6, 6.07) is 3.32. The molecule has 1 aliphatic rings. The van der Waals surface area contributed by atoms with Gasteiger partial charge < -0.3 is 15.2 Å². The molecule has 3 rings (SSSR count). The van der Waals surface area contributed by atoms with Crippen molar-refractivity contribution < 1.29 is 12.9 Å². The minimum absolute atomic E-state index is 0.105. The van der Waals surface area contributed by atoms with E-state index in [1.807, 2.05) is 0 Å². The van der Waals surface area contributed by atoms with E-state index in [9.17, 15) is 8.42 Å². The Morgan fingerprint density at radius 3 is 2.90 bits per heavy atom. The number of nitrogens with zero attached hydrogens (tertiary/aromatic N) is 3. The number of anilines is 3. The molecule has 8 nitrogen and oxygen atoms in total. The third-order valence-corrected chi connectivity index (χ3v) is 4.88. The molecule has 2 aromatic rings. The van der Waals surface area contributed by atoms with Crippen LogP contribution in [0.5, 0.6) is 0 Å². The second kappa shape index (κ2) is 5.32. The van der Waals surface area contributed by atoms with Crippen LogP contribution in [0.4, 0.5) is 17.6 Å². The first-order valence-corrected chi connectivity index (χ1v) is 8.33. The van der Waals surface area contributed by atoms with E-state index in [4.69, 9.17) is 4.52 Å². The summed E-state index contributed by atoms with van der Waals surface area (Å²) in [6.45, 7) is 1.79. The first-order valence-electron chi connectivity index (χ1n) is 6.50. The van der Waals surface area contributed by atoms with Crippen molar-refractivity contribution in [1.29, 1.82) is 0 Å². The largest absolute Gasteiger partial charge is 0.366 e. The molecule has 3 heterocycles. The van der Waals surface area contributed by atoms with Crippen molar-refractivity contribution in [3.8, 4) is 0 Å². The van der Waals surface area contributed by atoms with Crippen molar-refractivity contribution in [2.24, 2.45) is 0 Å². The van der Waals surface area contributed by atoms with Gasteiger partial charge in [-0.15, -0.1) is 0 Å². The Kier molecular flexibility index (Phi) is 3.50. The maximum absolute atomic E-state index is 11.4. The third kappa shape index (κ3) is 3.48. The van der Waals surface area contributed by atoms with E-state index >= 15 is 0 Å². The smallest absolute Gasteiger partial charge is 0.230 e. The van der Waals surface area contributed by atoms with Gasteiger partial charge in [0.25, 0.3) is 0 Å². The quantitative estimate of drug-likeness (QED) is 0.864. The zero-order valence-corrected chi connectivity index (χ0v) is 12.2. The molecular formula is C12H15N5O3S. The Bertz CT molecular complexity index is 743. The van der Waals surface area contributed by atoms with E-state index < -0.39 is 9.84 Å². The second-order valence-corrected chi connectivity index (χ2v) is 7.19. The van der Waals surface area contributed by atoms with E-state index in [-0.39, 0.29) is 17.5 Å². The third-order valence-electron chi connectivity index (χ3n) is 3.11. The topological polar surface area (TPSA) is 110 Å². The number of hydrogen-bond acceptors (Lipinski definition) is 8. The highest BCUT2D eigenvalue weighted by Gasteiger charge is 2.27. The van der Waals surface area contributed by atoms with Crippen LogP contribution in [0.25, 0.3) is 0 Å². The van der Waals surface area contributed by atoms with Crippen LogP contribution in [0.1, 0.15) is 12.2 Å². The van der Waals surface area contributed by atoms with Gasteiger partial charge in [-0.2, -0.15) is 4.98 Å². The predicted molar refractivity (Wildman–Crippen MR) is 77.2 cm³/mol. The number of aromatic nitrogens is 3. The van der Waals surface area contributed by atoms with Gasteiger partial charge in [-0.1, -0.05) is 5.16 Å². The molecule has 2 aromatic heterocycles. The minimum Gasteiger partial charge on any atom is -0.366 e. The molecule has 1 unspecified atom stereocenters. The highest BCUT2D eigenvalue weighted by molar-refractivity contribution is 7.91. The van der Waals surface area contributed by atoms with Crippen molar-refractivity contribution in [2.75, 3.05) is 22.1 Å². The van der Waals surface area contributed by atoms with Crippen LogP contribution in [0.15, 0.2) is 22.9 Å². The summed E-state index contributed by atoms with van der Waals surface area (Å²) in [7, 11) is -2.92. The van der Waals surface area contributed by atoms with Crippen molar-refractivity contribution >= 4 is 27.4 Å². The zero-order valence-electron chi connectivity index (χ0n) is 11.4. The lowest BCUT2D eigenvalue weighted by Gasteiger charge is -2.11. The first-order chi connectivity index (χ1) is 10.00. The molecular weight excluding hydrogens is 294 g/mol. The van der Waals surface area contributed by atoms with Crippen LogP contribution >= 0.6 is 0 Å². The van der Waals surface area contributed by atoms with Crippen LogP contribution in [0.3, 0.4) is 0 Å². The van der Waals surface area contributed by atoms with Gasteiger partial charge in [0.05, 0.1) is 11.5 Å². The van der Waals surface area contributed by atoms with Gasteiger partial charge in [-0.3, -0.25) is 0 Å². The average molecular weight is 309 g/mol. The number of hydrogen-bond donors (Lipinski definition) is 2. The summed E-state index contributed by atoms with van der Waals surface area (Å²) in [6.07, 6.45) is 2.19. The van der Waals surface area contributed by atoms with Crippen LogP contribution in [-0.4, -0.2) is 41.1 Å². The fraction of sp³-hybridized carbons (Fsp3) is 0.417. The van der Waals surface area contributed by atoms with Gasteiger partial charge in [0.1, 0.15) is 11.6 Å². The summed E-state index contributed by atoms with van der Waals surface area (Å²) in [5.41, 5.74) is 0. The van der Waals surface area contributed by atoms with Crippen LogP contribution in [-0.2, 0) is 9.84 Å².